The van der Waals surface area contributed by atoms with Gasteiger partial charge in [0.25, 0.3) is 0 Å². The van der Waals surface area contributed by atoms with E-state index in [0.29, 0.717) is 12.1 Å². The summed E-state index contributed by atoms with van der Waals surface area (Å²) < 4.78 is 0. The van der Waals surface area contributed by atoms with Gasteiger partial charge in [0.1, 0.15) is 0 Å². The van der Waals surface area contributed by atoms with Crippen molar-refractivity contribution < 1.29 is 4.79 Å². The van der Waals surface area contributed by atoms with E-state index in [-0.39, 0.29) is 6.03 Å². The molecule has 0 aromatic heterocycles. The molecule has 0 radical (unpaired) electrons. The van der Waals surface area contributed by atoms with E-state index in [0.717, 1.165) is 19.5 Å². The van der Waals surface area contributed by atoms with Gasteiger partial charge in [0, 0.05) is 25.7 Å². The van der Waals surface area contributed by atoms with Crippen LogP contribution in [0.3, 0.4) is 0 Å². The predicted molar refractivity (Wildman–Crippen MR) is 57.7 cm³/mol. The number of carbonyl (C=O) groups is 1. The Labute approximate surface area is 90.6 Å². The average Bonchev–Trinajstić information content (AvgIpc) is 2.80. The van der Waals surface area contributed by atoms with Gasteiger partial charge in [0.2, 0.25) is 0 Å². The van der Waals surface area contributed by atoms with E-state index in [1.807, 2.05) is 0 Å². The lowest BCUT2D eigenvalue weighted by atomic mass is 10.0. The average molecular weight is 209 g/mol. The summed E-state index contributed by atoms with van der Waals surface area (Å²) in [6.45, 7) is 4.26. The molecular weight excluding hydrogens is 190 g/mol. The maximum atomic E-state index is 11.8. The summed E-state index contributed by atoms with van der Waals surface area (Å²) in [5, 5.41) is 2.96. The normalized spacial score (nSPS) is 36.8. The lowest BCUT2D eigenvalue weighted by Crippen LogP contribution is -2.54. The van der Waals surface area contributed by atoms with Crippen LogP contribution in [0.1, 0.15) is 25.7 Å². The Morgan fingerprint density at radius 2 is 2.00 bits per heavy atom. The minimum absolute atomic E-state index is 0.167. The minimum Gasteiger partial charge on any atom is -0.338 e. The molecule has 1 N–H and O–H groups in total. The van der Waals surface area contributed by atoms with Gasteiger partial charge in [-0.15, -0.1) is 0 Å². The quantitative estimate of drug-likeness (QED) is 0.688. The lowest BCUT2D eigenvalue weighted by molar-refractivity contribution is 0.145. The van der Waals surface area contributed by atoms with Crippen LogP contribution in [0.15, 0.2) is 0 Å². The fourth-order valence-corrected chi connectivity index (χ4v) is 3.38. The van der Waals surface area contributed by atoms with Crippen LogP contribution >= 0.6 is 0 Å². The van der Waals surface area contributed by atoms with Crippen LogP contribution in [0.25, 0.3) is 0 Å². The standard InChI is InChI=1S/C11H19N3O/c15-11-12-5-2-7-14(11)10-4-8-13-6-1-3-9(10)13/h9-10H,1-8H2,(H,12,15). The Morgan fingerprint density at radius 3 is 2.87 bits per heavy atom. The lowest BCUT2D eigenvalue weighted by Gasteiger charge is -2.35. The molecule has 0 aromatic carbocycles. The second-order valence-electron chi connectivity index (χ2n) is 4.88. The van der Waals surface area contributed by atoms with Crippen LogP contribution < -0.4 is 5.32 Å². The van der Waals surface area contributed by atoms with Crippen LogP contribution in [0, 0.1) is 0 Å². The van der Waals surface area contributed by atoms with Gasteiger partial charge in [-0.3, -0.25) is 4.90 Å². The van der Waals surface area contributed by atoms with Gasteiger partial charge < -0.3 is 10.2 Å². The molecule has 4 heteroatoms. The summed E-state index contributed by atoms with van der Waals surface area (Å²) in [5.41, 5.74) is 0. The first-order valence-electron chi connectivity index (χ1n) is 6.15. The number of urea groups is 1. The van der Waals surface area contributed by atoms with Crippen molar-refractivity contribution in [2.75, 3.05) is 26.2 Å². The van der Waals surface area contributed by atoms with Crippen molar-refractivity contribution in [2.24, 2.45) is 0 Å². The highest BCUT2D eigenvalue weighted by Crippen LogP contribution is 2.31. The smallest absolute Gasteiger partial charge is 0.317 e. The topological polar surface area (TPSA) is 35.6 Å². The van der Waals surface area contributed by atoms with Gasteiger partial charge in [0.05, 0.1) is 6.04 Å². The Hall–Kier alpha value is -0.770. The van der Waals surface area contributed by atoms with Gasteiger partial charge >= 0.3 is 6.03 Å². The summed E-state index contributed by atoms with van der Waals surface area (Å²) >= 11 is 0. The number of amides is 2. The summed E-state index contributed by atoms with van der Waals surface area (Å²) in [4.78, 5) is 16.4. The van der Waals surface area contributed by atoms with E-state index in [2.05, 4.69) is 15.1 Å². The molecule has 3 aliphatic rings. The number of hydrogen-bond acceptors (Lipinski definition) is 2. The van der Waals surface area contributed by atoms with Crippen molar-refractivity contribution in [1.82, 2.24) is 15.1 Å². The van der Waals surface area contributed by atoms with Crippen molar-refractivity contribution in [1.29, 1.82) is 0 Å². The summed E-state index contributed by atoms with van der Waals surface area (Å²) in [5.74, 6) is 0. The molecule has 2 atom stereocenters. The highest BCUT2D eigenvalue weighted by atomic mass is 16.2. The molecule has 4 nitrogen and oxygen atoms in total. The number of nitrogens with zero attached hydrogens (tertiary/aromatic N) is 2. The molecule has 3 heterocycles. The predicted octanol–water partition coefficient (Wildman–Crippen LogP) is 0.638. The number of nitrogens with one attached hydrogen (secondary N) is 1. The van der Waals surface area contributed by atoms with Crippen molar-refractivity contribution in [3.05, 3.63) is 0 Å². The third-order valence-electron chi connectivity index (χ3n) is 4.08. The molecule has 0 bridgehead atoms. The van der Waals surface area contributed by atoms with Crippen LogP contribution in [-0.2, 0) is 0 Å². The molecule has 15 heavy (non-hydrogen) atoms. The van der Waals surface area contributed by atoms with Gasteiger partial charge in [-0.1, -0.05) is 0 Å². The zero-order valence-electron chi connectivity index (χ0n) is 9.11. The van der Waals surface area contributed by atoms with E-state index in [1.54, 1.807) is 0 Å². The summed E-state index contributed by atoms with van der Waals surface area (Å²) in [6, 6.07) is 1.32. The summed E-state index contributed by atoms with van der Waals surface area (Å²) in [6.07, 6.45) is 4.89. The van der Waals surface area contributed by atoms with E-state index in [4.69, 9.17) is 0 Å². The SMILES string of the molecule is O=C1NCCCN1C1CCN2CCCC12. The minimum atomic E-state index is 0.167. The van der Waals surface area contributed by atoms with E-state index in [1.165, 1.54) is 32.4 Å². The van der Waals surface area contributed by atoms with Crippen molar-refractivity contribution in [2.45, 2.75) is 37.8 Å². The Balaban J connectivity index is 1.73. The second kappa shape index (κ2) is 3.67. The maximum absolute atomic E-state index is 11.8. The Bertz CT molecular complexity index is 269. The van der Waals surface area contributed by atoms with E-state index in [9.17, 15) is 4.79 Å². The van der Waals surface area contributed by atoms with Crippen LogP contribution in [0.4, 0.5) is 4.79 Å². The van der Waals surface area contributed by atoms with Gasteiger partial charge in [-0.2, -0.15) is 0 Å². The van der Waals surface area contributed by atoms with Gasteiger partial charge in [-0.25, -0.2) is 4.79 Å². The Morgan fingerprint density at radius 1 is 1.07 bits per heavy atom. The van der Waals surface area contributed by atoms with Crippen LogP contribution in [0.5, 0.6) is 0 Å². The first-order chi connectivity index (χ1) is 7.36. The zero-order chi connectivity index (χ0) is 10.3. The molecule has 3 saturated heterocycles. The van der Waals surface area contributed by atoms with Gasteiger partial charge in [-0.05, 0) is 32.2 Å². The molecule has 2 unspecified atom stereocenters. The molecule has 0 spiro atoms. The molecule has 2 amide bonds. The highest BCUT2D eigenvalue weighted by Gasteiger charge is 2.42. The number of carbonyl (C=O) groups excluding carboxylic acids is 1. The second-order valence-corrected chi connectivity index (χ2v) is 4.88. The summed E-state index contributed by atoms with van der Waals surface area (Å²) in [7, 11) is 0. The molecule has 3 fully saturated rings. The van der Waals surface area contributed by atoms with Crippen molar-refractivity contribution >= 4 is 6.03 Å². The third-order valence-corrected chi connectivity index (χ3v) is 4.08. The molecule has 3 aliphatic heterocycles. The number of fused-ring (bicyclic) bond motifs is 1. The first kappa shape index (κ1) is 9.46. The molecule has 0 aromatic rings. The van der Waals surface area contributed by atoms with Crippen LogP contribution in [0.2, 0.25) is 0 Å². The fourth-order valence-electron chi connectivity index (χ4n) is 3.38. The number of hydrogen-bond donors (Lipinski definition) is 1. The zero-order valence-corrected chi connectivity index (χ0v) is 9.11. The highest BCUT2D eigenvalue weighted by molar-refractivity contribution is 5.75. The van der Waals surface area contributed by atoms with Crippen molar-refractivity contribution in [3.63, 3.8) is 0 Å². The van der Waals surface area contributed by atoms with E-state index >= 15 is 0 Å². The molecule has 0 aliphatic carbocycles. The maximum Gasteiger partial charge on any atom is 0.317 e. The van der Waals surface area contributed by atoms with Crippen LogP contribution in [-0.4, -0.2) is 54.1 Å². The molecule has 3 rings (SSSR count). The molecule has 84 valence electrons. The Kier molecular flexibility index (Phi) is 2.31. The van der Waals surface area contributed by atoms with Gasteiger partial charge in [0.15, 0.2) is 0 Å². The van der Waals surface area contributed by atoms with Crippen molar-refractivity contribution in [3.8, 4) is 0 Å². The third kappa shape index (κ3) is 1.51. The largest absolute Gasteiger partial charge is 0.338 e. The molecular formula is C11H19N3O. The molecule has 0 saturated carbocycles. The number of rotatable bonds is 1. The first-order valence-corrected chi connectivity index (χ1v) is 6.15. The monoisotopic (exact) mass is 209 g/mol. The van der Waals surface area contributed by atoms with E-state index < -0.39 is 0 Å². The fraction of sp³-hybridized carbons (Fsp3) is 0.909.